The fourth-order valence-electron chi connectivity index (χ4n) is 2.93. The molecule has 0 spiro atoms. The fourth-order valence-corrected chi connectivity index (χ4v) is 2.93. The molecule has 0 aliphatic carbocycles. The molecule has 0 bridgehead atoms. The third-order valence-corrected chi connectivity index (χ3v) is 4.34. The number of ether oxygens (including phenoxy) is 1. The van der Waals surface area contributed by atoms with Crippen LogP contribution in [0.2, 0.25) is 0 Å². The van der Waals surface area contributed by atoms with Crippen LogP contribution in [0.1, 0.15) is 10.5 Å². The third-order valence-electron chi connectivity index (χ3n) is 4.34. The normalized spacial score (nSPS) is 14.4. The maximum Gasteiger partial charge on any atom is 0.269 e. The van der Waals surface area contributed by atoms with E-state index in [-0.39, 0.29) is 5.91 Å². The molecule has 3 rings (SSSR count). The number of methoxy groups -OCH3 is 1. The highest BCUT2D eigenvalue weighted by Gasteiger charge is 2.18. The predicted octanol–water partition coefficient (Wildman–Crippen LogP) is 1.78. The first kappa shape index (κ1) is 17.2. The van der Waals surface area contributed by atoms with E-state index in [9.17, 15) is 4.79 Å². The SMILES string of the molecule is COCCNC(=O)c1ccc(N2CCN(c3ccccc3)CC2)cn1. The van der Waals surface area contributed by atoms with Crippen molar-refractivity contribution in [3.63, 3.8) is 0 Å². The second kappa shape index (κ2) is 8.48. The molecular weight excluding hydrogens is 316 g/mol. The van der Waals surface area contributed by atoms with E-state index >= 15 is 0 Å². The fraction of sp³-hybridized carbons (Fsp3) is 0.368. The second-order valence-corrected chi connectivity index (χ2v) is 5.96. The molecule has 6 heteroatoms. The predicted molar refractivity (Wildman–Crippen MR) is 99.3 cm³/mol. The van der Waals surface area contributed by atoms with E-state index in [4.69, 9.17) is 4.74 Å². The van der Waals surface area contributed by atoms with Gasteiger partial charge in [-0.3, -0.25) is 4.79 Å². The van der Waals surface area contributed by atoms with Crippen LogP contribution in [0.15, 0.2) is 48.7 Å². The summed E-state index contributed by atoms with van der Waals surface area (Å²) in [6.07, 6.45) is 1.78. The van der Waals surface area contributed by atoms with Gasteiger partial charge in [-0.25, -0.2) is 4.98 Å². The number of carbonyl (C=O) groups excluding carboxylic acids is 1. The van der Waals surface area contributed by atoms with E-state index in [1.807, 2.05) is 12.1 Å². The Morgan fingerprint density at radius 2 is 1.72 bits per heavy atom. The summed E-state index contributed by atoms with van der Waals surface area (Å²) in [5.41, 5.74) is 2.76. The van der Waals surface area contributed by atoms with Gasteiger partial charge in [-0.15, -0.1) is 0 Å². The van der Waals surface area contributed by atoms with Gasteiger partial charge in [0.05, 0.1) is 18.5 Å². The molecule has 1 saturated heterocycles. The monoisotopic (exact) mass is 340 g/mol. The average Bonchev–Trinajstić information content (AvgIpc) is 2.69. The van der Waals surface area contributed by atoms with Crippen molar-refractivity contribution in [2.75, 3.05) is 56.2 Å². The molecule has 1 N–H and O–H groups in total. The van der Waals surface area contributed by atoms with Crippen LogP contribution in [0.5, 0.6) is 0 Å². The molecule has 2 aromatic rings. The largest absolute Gasteiger partial charge is 0.383 e. The van der Waals surface area contributed by atoms with Crippen LogP contribution in [-0.2, 0) is 4.74 Å². The second-order valence-electron chi connectivity index (χ2n) is 5.96. The molecule has 0 saturated carbocycles. The standard InChI is InChI=1S/C19H24N4O2/c1-25-14-9-20-19(24)18-8-7-17(15-21-18)23-12-10-22(11-13-23)16-5-3-2-4-6-16/h2-8,15H,9-14H2,1H3,(H,20,24). The molecule has 1 aromatic carbocycles. The molecule has 132 valence electrons. The lowest BCUT2D eigenvalue weighted by Crippen LogP contribution is -2.46. The molecule has 25 heavy (non-hydrogen) atoms. The van der Waals surface area contributed by atoms with Crippen LogP contribution in [0.4, 0.5) is 11.4 Å². The van der Waals surface area contributed by atoms with Gasteiger partial charge in [0, 0.05) is 45.5 Å². The van der Waals surface area contributed by atoms with Gasteiger partial charge in [-0.1, -0.05) is 18.2 Å². The minimum Gasteiger partial charge on any atom is -0.383 e. The highest BCUT2D eigenvalue weighted by molar-refractivity contribution is 5.92. The highest BCUT2D eigenvalue weighted by atomic mass is 16.5. The maximum atomic E-state index is 12.0. The van der Waals surface area contributed by atoms with Gasteiger partial charge in [-0.05, 0) is 24.3 Å². The molecule has 2 heterocycles. The van der Waals surface area contributed by atoms with Crippen molar-refractivity contribution in [3.8, 4) is 0 Å². The third kappa shape index (κ3) is 4.48. The zero-order valence-electron chi connectivity index (χ0n) is 14.5. The zero-order valence-corrected chi connectivity index (χ0v) is 14.5. The molecular formula is C19H24N4O2. The molecule has 0 atom stereocenters. The van der Waals surface area contributed by atoms with Gasteiger partial charge in [0.25, 0.3) is 5.91 Å². The molecule has 6 nitrogen and oxygen atoms in total. The molecule has 1 amide bonds. The maximum absolute atomic E-state index is 12.0. The van der Waals surface area contributed by atoms with Crippen molar-refractivity contribution in [1.82, 2.24) is 10.3 Å². The topological polar surface area (TPSA) is 57.7 Å². The summed E-state index contributed by atoms with van der Waals surface area (Å²) in [6, 6.07) is 14.2. The Kier molecular flexibility index (Phi) is 5.85. The van der Waals surface area contributed by atoms with Gasteiger partial charge in [-0.2, -0.15) is 0 Å². The summed E-state index contributed by atoms with van der Waals surface area (Å²) in [5.74, 6) is -0.169. The number of piperazine rings is 1. The number of amides is 1. The molecule has 1 fully saturated rings. The van der Waals surface area contributed by atoms with E-state index in [2.05, 4.69) is 44.4 Å². The number of rotatable bonds is 6. The summed E-state index contributed by atoms with van der Waals surface area (Å²) in [7, 11) is 1.61. The smallest absolute Gasteiger partial charge is 0.269 e. The summed E-state index contributed by atoms with van der Waals surface area (Å²) >= 11 is 0. The van der Waals surface area contributed by atoms with Crippen molar-refractivity contribution in [2.45, 2.75) is 0 Å². The minimum absolute atomic E-state index is 0.169. The number of hydrogen-bond acceptors (Lipinski definition) is 5. The molecule has 0 radical (unpaired) electrons. The zero-order chi connectivity index (χ0) is 17.5. The number of anilines is 2. The molecule has 1 aliphatic rings. The lowest BCUT2D eigenvalue weighted by atomic mass is 10.2. The van der Waals surface area contributed by atoms with Crippen LogP contribution in [-0.4, -0.2) is 57.3 Å². The van der Waals surface area contributed by atoms with E-state index in [0.717, 1.165) is 31.9 Å². The molecule has 1 aromatic heterocycles. The summed E-state index contributed by atoms with van der Waals surface area (Å²) in [6.45, 7) is 4.81. The Balaban J connectivity index is 1.54. The first-order valence-corrected chi connectivity index (χ1v) is 8.56. The van der Waals surface area contributed by atoms with Gasteiger partial charge in [0.1, 0.15) is 5.69 Å². The Hall–Kier alpha value is -2.60. The molecule has 1 aliphatic heterocycles. The first-order chi connectivity index (χ1) is 12.3. The first-order valence-electron chi connectivity index (χ1n) is 8.56. The van der Waals surface area contributed by atoms with Crippen molar-refractivity contribution < 1.29 is 9.53 Å². The number of hydrogen-bond donors (Lipinski definition) is 1. The van der Waals surface area contributed by atoms with Gasteiger partial charge in [0.2, 0.25) is 0 Å². The Labute approximate surface area is 148 Å². The minimum atomic E-state index is -0.169. The number of nitrogens with zero attached hydrogens (tertiary/aromatic N) is 3. The van der Waals surface area contributed by atoms with Crippen molar-refractivity contribution in [1.29, 1.82) is 0 Å². The van der Waals surface area contributed by atoms with E-state index in [1.165, 1.54) is 5.69 Å². The summed E-state index contributed by atoms with van der Waals surface area (Å²) in [5, 5.41) is 2.78. The van der Waals surface area contributed by atoms with E-state index in [1.54, 1.807) is 19.4 Å². The van der Waals surface area contributed by atoms with Crippen molar-refractivity contribution in [2.24, 2.45) is 0 Å². The van der Waals surface area contributed by atoms with Crippen LogP contribution >= 0.6 is 0 Å². The number of nitrogens with one attached hydrogen (secondary N) is 1. The van der Waals surface area contributed by atoms with Crippen LogP contribution in [0.25, 0.3) is 0 Å². The Morgan fingerprint density at radius 1 is 1.04 bits per heavy atom. The number of pyridine rings is 1. The Morgan fingerprint density at radius 3 is 2.32 bits per heavy atom. The summed E-state index contributed by atoms with van der Waals surface area (Å²) in [4.78, 5) is 21.0. The average molecular weight is 340 g/mol. The number of carbonyl (C=O) groups is 1. The van der Waals surface area contributed by atoms with Gasteiger partial charge < -0.3 is 19.9 Å². The lowest BCUT2D eigenvalue weighted by molar-refractivity contribution is 0.0932. The van der Waals surface area contributed by atoms with Crippen molar-refractivity contribution >= 4 is 17.3 Å². The molecule has 0 unspecified atom stereocenters. The number of aromatic nitrogens is 1. The van der Waals surface area contributed by atoms with E-state index in [0.29, 0.717) is 18.8 Å². The quantitative estimate of drug-likeness (QED) is 0.813. The number of para-hydroxylation sites is 1. The van der Waals surface area contributed by atoms with Crippen LogP contribution in [0.3, 0.4) is 0 Å². The Bertz CT molecular complexity index is 668. The van der Waals surface area contributed by atoms with Crippen molar-refractivity contribution in [3.05, 3.63) is 54.4 Å². The number of benzene rings is 1. The van der Waals surface area contributed by atoms with Gasteiger partial charge >= 0.3 is 0 Å². The highest BCUT2D eigenvalue weighted by Crippen LogP contribution is 2.19. The van der Waals surface area contributed by atoms with Gasteiger partial charge in [0.15, 0.2) is 0 Å². The van der Waals surface area contributed by atoms with E-state index < -0.39 is 0 Å². The summed E-state index contributed by atoms with van der Waals surface area (Å²) < 4.78 is 4.92. The lowest BCUT2D eigenvalue weighted by Gasteiger charge is -2.37. The van der Waals surface area contributed by atoms with Crippen LogP contribution < -0.4 is 15.1 Å². The van der Waals surface area contributed by atoms with Crippen LogP contribution in [0, 0.1) is 0 Å².